The van der Waals surface area contributed by atoms with Gasteiger partial charge >= 0.3 is 0 Å². The Labute approximate surface area is 471 Å². The molecule has 0 saturated carbocycles. The first-order chi connectivity index (χ1) is 40.1. The number of hydrogen-bond donors (Lipinski definition) is 0. The summed E-state index contributed by atoms with van der Waals surface area (Å²) in [5.74, 6) is 0. The van der Waals surface area contributed by atoms with Gasteiger partial charge in [0.05, 0.1) is 54.0 Å². The summed E-state index contributed by atoms with van der Waals surface area (Å²) < 4.78 is 16.0. The highest BCUT2D eigenvalue weighted by Crippen LogP contribution is 2.53. The second kappa shape index (κ2) is 17.5. The molecule has 0 aliphatic carbocycles. The highest BCUT2D eigenvalue weighted by molar-refractivity contribution is 7.27. The summed E-state index contributed by atoms with van der Waals surface area (Å²) in [7, 11) is 0. The lowest BCUT2D eigenvalue weighted by Crippen LogP contribution is -2.11. The van der Waals surface area contributed by atoms with E-state index in [-0.39, 0.29) is 0 Å². The lowest BCUT2D eigenvalue weighted by molar-refractivity contribution is 0.670. The molecule has 374 valence electrons. The van der Waals surface area contributed by atoms with Gasteiger partial charge in [-0.3, -0.25) is 0 Å². The Balaban J connectivity index is 1.09. The van der Waals surface area contributed by atoms with Crippen LogP contribution < -0.4 is 0 Å². The fourth-order valence-electron chi connectivity index (χ4n) is 13.2. The van der Waals surface area contributed by atoms with E-state index in [1.54, 1.807) is 22.7 Å². The van der Waals surface area contributed by atoms with Gasteiger partial charge < -0.3 is 13.6 Å². The van der Waals surface area contributed by atoms with E-state index in [2.05, 4.69) is 215 Å². The van der Waals surface area contributed by atoms with Gasteiger partial charge in [-0.2, -0.15) is 10.5 Å². The van der Waals surface area contributed by atoms with Gasteiger partial charge in [-0.25, -0.2) is 0 Å². The van der Waals surface area contributed by atoms with E-state index >= 15 is 0 Å². The number of nitriles is 2. The van der Waals surface area contributed by atoms with Crippen molar-refractivity contribution < 1.29 is 4.42 Å². The minimum atomic E-state index is 0.409. The van der Waals surface area contributed by atoms with Crippen LogP contribution in [0.1, 0.15) is 11.1 Å². The lowest BCUT2D eigenvalue weighted by atomic mass is 9.86. The molecule has 0 radical (unpaired) electrons. The molecule has 0 fully saturated rings. The van der Waals surface area contributed by atoms with Crippen molar-refractivity contribution in [3.05, 3.63) is 254 Å². The zero-order valence-corrected chi connectivity index (χ0v) is 44.7. The molecule has 7 heteroatoms. The SMILES string of the molecule is N#Cc1c(-c2ccccc2)c(C#N)c(-n2c3c(ccc4c5ccccc5sc43)c3ccc4c(sc5cccc(-c6ccccc6)c54)c32)c(-c2ccccc2)c1-n1c2ccccc2c2cc(-c3cccc4c3oc3ccccc34)ccc21. The number of benzene rings is 12. The zero-order valence-electron chi connectivity index (χ0n) is 43.1. The minimum absolute atomic E-state index is 0.409. The van der Waals surface area contributed by atoms with Gasteiger partial charge in [0.25, 0.3) is 0 Å². The van der Waals surface area contributed by atoms with Gasteiger partial charge in [-0.1, -0.05) is 206 Å². The van der Waals surface area contributed by atoms with Crippen molar-refractivity contribution in [2.24, 2.45) is 0 Å². The Morgan fingerprint density at radius 1 is 0.346 bits per heavy atom. The number of hydrogen-bond acceptors (Lipinski definition) is 5. The van der Waals surface area contributed by atoms with Crippen molar-refractivity contribution in [1.29, 1.82) is 10.5 Å². The molecule has 0 atom stereocenters. The fraction of sp³-hybridized carbons (Fsp3) is 0. The molecule has 17 rings (SSSR count). The molecule has 0 aliphatic rings. The van der Waals surface area contributed by atoms with Crippen LogP contribution in [0.5, 0.6) is 0 Å². The van der Waals surface area contributed by atoms with Crippen LogP contribution in [0.25, 0.3) is 162 Å². The van der Waals surface area contributed by atoms with Crippen LogP contribution in [-0.2, 0) is 0 Å². The van der Waals surface area contributed by atoms with E-state index in [1.165, 1.54) is 25.7 Å². The van der Waals surface area contributed by atoms with E-state index < -0.39 is 0 Å². The molecule has 0 saturated heterocycles. The predicted octanol–water partition coefficient (Wildman–Crippen LogP) is 20.9. The first-order valence-corrected chi connectivity index (χ1v) is 28.7. The number of nitrogens with zero attached hydrogens (tertiary/aromatic N) is 4. The molecule has 5 heterocycles. The second-order valence-electron chi connectivity index (χ2n) is 20.8. The summed E-state index contributed by atoms with van der Waals surface area (Å²) in [6.07, 6.45) is 0. The monoisotopic (exact) mass is 1060 g/mol. The summed E-state index contributed by atoms with van der Waals surface area (Å²) in [5.41, 5.74) is 15.2. The Bertz CT molecular complexity index is 5610. The number of fused-ring (bicyclic) bond motifs is 17. The Morgan fingerprint density at radius 2 is 0.877 bits per heavy atom. The van der Waals surface area contributed by atoms with Gasteiger partial charge in [0.15, 0.2) is 0 Å². The Kier molecular flexibility index (Phi) is 9.82. The van der Waals surface area contributed by atoms with Crippen LogP contribution >= 0.6 is 22.7 Å². The molecule has 0 spiro atoms. The van der Waals surface area contributed by atoms with Crippen molar-refractivity contribution in [1.82, 2.24) is 9.13 Å². The van der Waals surface area contributed by atoms with Gasteiger partial charge in [0.1, 0.15) is 23.3 Å². The van der Waals surface area contributed by atoms with Crippen LogP contribution in [0.3, 0.4) is 0 Å². The normalized spacial score (nSPS) is 11.9. The minimum Gasteiger partial charge on any atom is -0.455 e. The highest BCUT2D eigenvalue weighted by Gasteiger charge is 2.33. The molecule has 5 nitrogen and oxygen atoms in total. The summed E-state index contributed by atoms with van der Waals surface area (Å²) in [6.45, 7) is 0. The highest BCUT2D eigenvalue weighted by atomic mass is 32.1. The van der Waals surface area contributed by atoms with Crippen molar-refractivity contribution in [2.45, 2.75) is 0 Å². The summed E-state index contributed by atoms with van der Waals surface area (Å²) in [4.78, 5) is 0. The molecule has 12 aromatic carbocycles. The van der Waals surface area contributed by atoms with E-state index in [9.17, 15) is 10.5 Å². The van der Waals surface area contributed by atoms with Gasteiger partial charge in [-0.05, 0) is 64.2 Å². The summed E-state index contributed by atoms with van der Waals surface area (Å²) in [6, 6.07) is 91.1. The van der Waals surface area contributed by atoms with Gasteiger partial charge in [0.2, 0.25) is 0 Å². The molecule has 0 bridgehead atoms. The van der Waals surface area contributed by atoms with E-state index in [0.717, 1.165) is 119 Å². The molecule has 0 N–H and O–H groups in total. The van der Waals surface area contributed by atoms with Crippen LogP contribution in [-0.4, -0.2) is 9.13 Å². The first kappa shape index (κ1) is 45.5. The van der Waals surface area contributed by atoms with Crippen LogP contribution in [0.4, 0.5) is 0 Å². The van der Waals surface area contributed by atoms with Crippen molar-refractivity contribution >= 4 is 129 Å². The Morgan fingerprint density at radius 3 is 1.62 bits per heavy atom. The summed E-state index contributed by atoms with van der Waals surface area (Å²) >= 11 is 3.59. The number of thiophene rings is 2. The number of para-hydroxylation sites is 3. The molecule has 17 aromatic rings. The Hall–Kier alpha value is -10.5. The molecule has 81 heavy (non-hydrogen) atoms. The topological polar surface area (TPSA) is 70.6 Å². The van der Waals surface area contributed by atoms with Crippen LogP contribution in [0, 0.1) is 22.7 Å². The van der Waals surface area contributed by atoms with Gasteiger partial charge in [-0.15, -0.1) is 22.7 Å². The third kappa shape index (κ3) is 6.45. The first-order valence-electron chi connectivity index (χ1n) is 27.0. The van der Waals surface area contributed by atoms with E-state index in [0.29, 0.717) is 28.1 Å². The lowest BCUT2D eigenvalue weighted by Gasteiger charge is -2.25. The molecular formula is C74H40N4OS2. The molecule has 0 aliphatic heterocycles. The quantitative estimate of drug-likeness (QED) is 0.167. The summed E-state index contributed by atoms with van der Waals surface area (Å²) in [5, 5.41) is 35.6. The molecule has 0 unspecified atom stereocenters. The third-order valence-corrected chi connectivity index (χ3v) is 19.0. The molecule has 0 amide bonds. The van der Waals surface area contributed by atoms with Crippen molar-refractivity contribution in [2.75, 3.05) is 0 Å². The maximum absolute atomic E-state index is 12.4. The predicted molar refractivity (Wildman–Crippen MR) is 339 cm³/mol. The zero-order chi connectivity index (χ0) is 53.4. The average Bonchev–Trinajstić information content (AvgIpc) is 3.51. The van der Waals surface area contributed by atoms with E-state index in [1.807, 2.05) is 48.5 Å². The maximum atomic E-state index is 12.4. The standard InChI is InChI=1S/C74H40N4OS2/c75-41-58-65(44-20-6-2-7-21-44)59(42-76)69(78-70-52(35-37-55-51-26-12-15-32-63(51)80-73(55)70)53-36-38-56-67-47(43-18-4-1-5-19-43)27-17-33-64(67)81-74(56)71(53)78)66(45-22-8-3-9-23-45)68(58)77-60-30-13-10-24-49(60)57-40-46(34-39-61(57)77)48-28-16-29-54-50-25-11-14-31-62(50)79-72(48)54/h1-40H. The third-order valence-electron chi connectivity index (χ3n) is 16.6. The maximum Gasteiger partial charge on any atom is 0.143 e. The van der Waals surface area contributed by atoms with Gasteiger partial charge in [0, 0.05) is 80.0 Å². The fourth-order valence-corrected chi connectivity index (χ4v) is 15.7. The van der Waals surface area contributed by atoms with E-state index in [4.69, 9.17) is 4.42 Å². The number of rotatable bonds is 6. The largest absolute Gasteiger partial charge is 0.455 e. The number of furan rings is 1. The smallest absolute Gasteiger partial charge is 0.143 e. The second-order valence-corrected chi connectivity index (χ2v) is 22.9. The number of aromatic nitrogens is 2. The van der Waals surface area contributed by atoms with Crippen LogP contribution in [0.2, 0.25) is 0 Å². The van der Waals surface area contributed by atoms with Crippen molar-refractivity contribution in [3.63, 3.8) is 0 Å². The average molecular weight is 1070 g/mol. The van der Waals surface area contributed by atoms with Crippen LogP contribution in [0.15, 0.2) is 247 Å². The van der Waals surface area contributed by atoms with Crippen molar-refractivity contribution in [3.8, 4) is 68.0 Å². The molecule has 5 aromatic heterocycles. The molecular weight excluding hydrogens is 1020 g/mol.